The van der Waals surface area contributed by atoms with Crippen LogP contribution in [0.3, 0.4) is 0 Å². The Hall–Kier alpha value is -1.56. The van der Waals surface area contributed by atoms with Crippen molar-refractivity contribution < 1.29 is 4.79 Å². The van der Waals surface area contributed by atoms with E-state index in [2.05, 4.69) is 47.0 Å². The number of aromatic nitrogens is 2. The summed E-state index contributed by atoms with van der Waals surface area (Å²) in [6, 6.07) is 0.0715. The zero-order valence-corrected chi connectivity index (χ0v) is 14.8. The van der Waals surface area contributed by atoms with Gasteiger partial charge in [-0.25, -0.2) is 9.78 Å². The highest BCUT2D eigenvalue weighted by atomic mass is 16.2. The molecule has 0 aliphatic carbocycles. The number of hydrogen-bond donors (Lipinski definition) is 1. The molecule has 2 amide bonds. The summed E-state index contributed by atoms with van der Waals surface area (Å²) in [7, 11) is 4.20. The first kappa shape index (κ1) is 17.8. The zero-order chi connectivity index (χ0) is 16.7. The number of imidazole rings is 1. The van der Waals surface area contributed by atoms with Gasteiger partial charge in [0.25, 0.3) is 0 Å². The molecular weight excluding hydrogens is 290 g/mol. The van der Waals surface area contributed by atoms with Gasteiger partial charge in [0.15, 0.2) is 0 Å². The number of rotatable bonds is 7. The maximum absolute atomic E-state index is 12.2. The summed E-state index contributed by atoms with van der Waals surface area (Å²) in [5.74, 6) is 1.49. The Morgan fingerprint density at radius 2 is 2.30 bits per heavy atom. The third kappa shape index (κ3) is 5.23. The molecule has 0 saturated carbocycles. The Morgan fingerprint density at radius 1 is 1.48 bits per heavy atom. The van der Waals surface area contributed by atoms with E-state index in [1.54, 1.807) is 0 Å². The van der Waals surface area contributed by atoms with Gasteiger partial charge in [-0.3, -0.25) is 0 Å². The lowest BCUT2D eigenvalue weighted by Gasteiger charge is -2.32. The molecule has 1 atom stereocenters. The lowest BCUT2D eigenvalue weighted by molar-refractivity contribution is 0.177. The SMILES string of the molecule is CCCNC(=O)N1CCCC(c2nccn2CCCN(C)C)C1. The van der Waals surface area contributed by atoms with Crippen molar-refractivity contribution in [3.05, 3.63) is 18.2 Å². The van der Waals surface area contributed by atoms with E-state index < -0.39 is 0 Å². The fraction of sp³-hybridized carbons (Fsp3) is 0.765. The molecule has 2 rings (SSSR count). The highest BCUT2D eigenvalue weighted by Gasteiger charge is 2.27. The molecule has 1 fully saturated rings. The van der Waals surface area contributed by atoms with Gasteiger partial charge in [-0.05, 0) is 46.3 Å². The lowest BCUT2D eigenvalue weighted by atomic mass is 9.97. The highest BCUT2D eigenvalue weighted by Crippen LogP contribution is 2.26. The molecule has 0 bridgehead atoms. The van der Waals surface area contributed by atoms with Gasteiger partial charge in [-0.15, -0.1) is 0 Å². The van der Waals surface area contributed by atoms with Crippen molar-refractivity contribution >= 4 is 6.03 Å². The average molecular weight is 321 g/mol. The molecule has 1 aliphatic heterocycles. The Labute approximate surface area is 139 Å². The van der Waals surface area contributed by atoms with E-state index in [-0.39, 0.29) is 6.03 Å². The standard InChI is InChI=1S/C17H31N5O/c1-4-8-19-17(23)22-11-5-7-15(14-22)16-18-9-13-21(16)12-6-10-20(2)3/h9,13,15H,4-8,10-12,14H2,1-3H3,(H,19,23). The third-order valence-corrected chi connectivity index (χ3v) is 4.35. The van der Waals surface area contributed by atoms with Gasteiger partial charge in [0, 0.05) is 44.5 Å². The molecule has 1 N–H and O–H groups in total. The third-order valence-electron chi connectivity index (χ3n) is 4.35. The fourth-order valence-electron chi connectivity index (χ4n) is 3.14. The minimum absolute atomic E-state index is 0.0715. The maximum atomic E-state index is 12.2. The molecule has 23 heavy (non-hydrogen) atoms. The molecule has 6 nitrogen and oxygen atoms in total. The first-order valence-corrected chi connectivity index (χ1v) is 8.80. The highest BCUT2D eigenvalue weighted by molar-refractivity contribution is 5.74. The van der Waals surface area contributed by atoms with Crippen LogP contribution in [0.25, 0.3) is 0 Å². The number of nitrogens with zero attached hydrogens (tertiary/aromatic N) is 4. The van der Waals surface area contributed by atoms with Crippen LogP contribution in [0.1, 0.15) is 44.3 Å². The van der Waals surface area contributed by atoms with Gasteiger partial charge in [0.05, 0.1) is 0 Å². The van der Waals surface area contributed by atoms with Crippen LogP contribution in [-0.2, 0) is 6.54 Å². The van der Waals surface area contributed by atoms with Crippen LogP contribution in [0.15, 0.2) is 12.4 Å². The Kier molecular flexibility index (Phi) is 6.89. The zero-order valence-electron chi connectivity index (χ0n) is 14.8. The van der Waals surface area contributed by atoms with Crippen LogP contribution >= 0.6 is 0 Å². The summed E-state index contributed by atoms with van der Waals surface area (Å²) in [5, 5.41) is 2.98. The number of carbonyl (C=O) groups excluding carboxylic acids is 1. The summed E-state index contributed by atoms with van der Waals surface area (Å²) in [6.45, 7) is 6.52. The Morgan fingerprint density at radius 3 is 3.04 bits per heavy atom. The van der Waals surface area contributed by atoms with Crippen molar-refractivity contribution in [2.24, 2.45) is 0 Å². The number of piperidine rings is 1. The van der Waals surface area contributed by atoms with Gasteiger partial charge in [-0.1, -0.05) is 6.92 Å². The van der Waals surface area contributed by atoms with E-state index in [4.69, 9.17) is 0 Å². The number of amides is 2. The summed E-state index contributed by atoms with van der Waals surface area (Å²) >= 11 is 0. The van der Waals surface area contributed by atoms with Crippen LogP contribution in [-0.4, -0.2) is 65.7 Å². The van der Waals surface area contributed by atoms with E-state index in [9.17, 15) is 4.79 Å². The molecule has 130 valence electrons. The summed E-state index contributed by atoms with van der Waals surface area (Å²) < 4.78 is 2.27. The Balaban J connectivity index is 1.93. The number of aryl methyl sites for hydroxylation is 1. The second-order valence-corrected chi connectivity index (χ2v) is 6.65. The van der Waals surface area contributed by atoms with Gasteiger partial charge in [0.1, 0.15) is 5.82 Å². The quantitative estimate of drug-likeness (QED) is 0.837. The van der Waals surface area contributed by atoms with Crippen molar-refractivity contribution in [1.82, 2.24) is 24.7 Å². The molecule has 2 heterocycles. The van der Waals surface area contributed by atoms with Crippen LogP contribution in [0.4, 0.5) is 4.79 Å². The summed E-state index contributed by atoms with van der Waals surface area (Å²) in [5.41, 5.74) is 0. The molecule has 0 aromatic carbocycles. The van der Waals surface area contributed by atoms with Crippen molar-refractivity contribution in [2.75, 3.05) is 40.3 Å². The maximum Gasteiger partial charge on any atom is 0.317 e. The molecule has 1 saturated heterocycles. The number of likely N-dealkylation sites (tertiary alicyclic amines) is 1. The second kappa shape index (κ2) is 8.91. The summed E-state index contributed by atoms with van der Waals surface area (Å²) in [6.07, 6.45) is 8.21. The number of carbonyl (C=O) groups is 1. The first-order chi connectivity index (χ1) is 11.1. The van der Waals surface area contributed by atoms with Crippen LogP contribution in [0.2, 0.25) is 0 Å². The molecule has 1 aliphatic rings. The topological polar surface area (TPSA) is 53.4 Å². The largest absolute Gasteiger partial charge is 0.338 e. The molecule has 0 spiro atoms. The lowest BCUT2D eigenvalue weighted by Crippen LogP contribution is -2.45. The van der Waals surface area contributed by atoms with Crippen molar-refractivity contribution in [2.45, 2.75) is 45.1 Å². The number of nitrogens with one attached hydrogen (secondary N) is 1. The van der Waals surface area contributed by atoms with Crippen LogP contribution in [0, 0.1) is 0 Å². The molecule has 6 heteroatoms. The van der Waals surface area contributed by atoms with Gasteiger partial charge < -0.3 is 19.7 Å². The van der Waals surface area contributed by atoms with Crippen molar-refractivity contribution in [1.29, 1.82) is 0 Å². The normalized spacial score (nSPS) is 18.4. The predicted molar refractivity (Wildman–Crippen MR) is 92.6 cm³/mol. The molecule has 1 unspecified atom stereocenters. The monoisotopic (exact) mass is 321 g/mol. The van der Waals surface area contributed by atoms with Crippen molar-refractivity contribution in [3.8, 4) is 0 Å². The predicted octanol–water partition coefficient (Wildman–Crippen LogP) is 2.13. The molecular formula is C17H31N5O. The average Bonchev–Trinajstić information content (AvgIpc) is 3.01. The Bertz CT molecular complexity index is 485. The second-order valence-electron chi connectivity index (χ2n) is 6.65. The molecule has 1 aromatic rings. The smallest absolute Gasteiger partial charge is 0.317 e. The van der Waals surface area contributed by atoms with E-state index in [1.165, 1.54) is 0 Å². The van der Waals surface area contributed by atoms with Gasteiger partial charge in [0.2, 0.25) is 0 Å². The van der Waals surface area contributed by atoms with Crippen LogP contribution < -0.4 is 5.32 Å². The van der Waals surface area contributed by atoms with E-state index in [0.717, 1.165) is 64.2 Å². The first-order valence-electron chi connectivity index (χ1n) is 8.80. The van der Waals surface area contributed by atoms with Crippen LogP contribution in [0.5, 0.6) is 0 Å². The number of hydrogen-bond acceptors (Lipinski definition) is 3. The minimum atomic E-state index is 0.0715. The minimum Gasteiger partial charge on any atom is -0.338 e. The van der Waals surface area contributed by atoms with E-state index in [1.807, 2.05) is 11.1 Å². The van der Waals surface area contributed by atoms with Gasteiger partial charge >= 0.3 is 6.03 Å². The molecule has 0 radical (unpaired) electrons. The van der Waals surface area contributed by atoms with E-state index >= 15 is 0 Å². The summed E-state index contributed by atoms with van der Waals surface area (Å²) in [4.78, 5) is 20.9. The number of urea groups is 1. The van der Waals surface area contributed by atoms with Gasteiger partial charge in [-0.2, -0.15) is 0 Å². The fourth-order valence-corrected chi connectivity index (χ4v) is 3.14. The van der Waals surface area contributed by atoms with Crippen molar-refractivity contribution in [3.63, 3.8) is 0 Å². The molecule has 1 aromatic heterocycles. The van der Waals surface area contributed by atoms with E-state index in [0.29, 0.717) is 5.92 Å².